The molecule has 0 aliphatic carbocycles. The molecule has 1 N–H and O–H groups in total. The van der Waals surface area contributed by atoms with E-state index in [2.05, 4.69) is 14.1 Å². The van der Waals surface area contributed by atoms with Crippen molar-refractivity contribution in [2.45, 2.75) is 24.7 Å². The Morgan fingerprint density at radius 1 is 1.18 bits per heavy atom. The lowest BCUT2D eigenvalue weighted by molar-refractivity contribution is -0.120. The first kappa shape index (κ1) is 19.0. The number of hydrogen-bond donors (Lipinski definition) is 1. The number of nitrogens with zero attached hydrogens (tertiary/aromatic N) is 3. The number of aryl methyl sites for hydroxylation is 1. The molecule has 1 amide bonds. The number of anilines is 1. The number of sulfonamides is 1. The minimum atomic E-state index is -3.75. The minimum absolute atomic E-state index is 0.151. The van der Waals surface area contributed by atoms with Crippen LogP contribution in [0.1, 0.15) is 18.4 Å². The third kappa shape index (κ3) is 3.65. The molecule has 0 radical (unpaired) electrons. The smallest absolute Gasteiger partial charge is 0.245 e. The van der Waals surface area contributed by atoms with Crippen LogP contribution < -0.4 is 5.32 Å². The summed E-state index contributed by atoms with van der Waals surface area (Å²) >= 11 is 0.990. The van der Waals surface area contributed by atoms with Gasteiger partial charge in [0, 0.05) is 18.8 Å². The first-order valence-corrected chi connectivity index (χ1v) is 11.2. The fourth-order valence-electron chi connectivity index (χ4n) is 3.38. The van der Waals surface area contributed by atoms with E-state index in [0.717, 1.165) is 17.3 Å². The molecule has 7 nitrogen and oxygen atoms in total. The lowest BCUT2D eigenvalue weighted by Crippen LogP contribution is -2.43. The molecule has 1 atom stereocenters. The Morgan fingerprint density at radius 2 is 1.96 bits per heavy atom. The second kappa shape index (κ2) is 7.57. The summed E-state index contributed by atoms with van der Waals surface area (Å²) in [6.07, 6.45) is 1.29. The molecule has 2 aromatic carbocycles. The number of nitrogens with one attached hydrogen (secondary N) is 1. The van der Waals surface area contributed by atoms with E-state index in [0.29, 0.717) is 36.1 Å². The third-order valence-corrected chi connectivity index (χ3v) is 7.38. The highest BCUT2D eigenvalue weighted by molar-refractivity contribution is 7.89. The molecule has 1 aliphatic rings. The van der Waals surface area contributed by atoms with E-state index in [4.69, 9.17) is 0 Å². The Balaban J connectivity index is 1.53. The Bertz CT molecular complexity index is 1110. The number of benzene rings is 2. The Kier molecular flexibility index (Phi) is 5.13. The van der Waals surface area contributed by atoms with Gasteiger partial charge in [0.05, 0.1) is 17.6 Å². The highest BCUT2D eigenvalue weighted by Crippen LogP contribution is 2.28. The summed E-state index contributed by atoms with van der Waals surface area (Å²) in [5.74, 6) is -0.546. The van der Waals surface area contributed by atoms with Gasteiger partial charge < -0.3 is 5.32 Å². The first-order valence-electron chi connectivity index (χ1n) is 9.04. The Hall–Kier alpha value is -2.36. The molecule has 1 aromatic heterocycles. The van der Waals surface area contributed by atoms with Crippen LogP contribution in [0.3, 0.4) is 0 Å². The van der Waals surface area contributed by atoms with E-state index >= 15 is 0 Å². The summed E-state index contributed by atoms with van der Waals surface area (Å²) < 4.78 is 36.0. The number of hydrogen-bond acceptors (Lipinski definition) is 6. The zero-order valence-corrected chi connectivity index (χ0v) is 17.0. The number of aromatic nitrogens is 2. The van der Waals surface area contributed by atoms with Crippen molar-refractivity contribution in [3.8, 4) is 0 Å². The van der Waals surface area contributed by atoms with Crippen LogP contribution in [0.15, 0.2) is 47.4 Å². The zero-order chi connectivity index (χ0) is 19.7. The summed E-state index contributed by atoms with van der Waals surface area (Å²) in [5.41, 5.74) is 2.78. The Morgan fingerprint density at radius 3 is 2.75 bits per heavy atom. The molecule has 2 heterocycles. The van der Waals surface area contributed by atoms with Gasteiger partial charge in [0.2, 0.25) is 15.9 Å². The number of carbonyl (C=O) groups is 1. The molecule has 9 heteroatoms. The second-order valence-corrected chi connectivity index (χ2v) is 9.38. The molecule has 0 bridgehead atoms. The molecule has 146 valence electrons. The SMILES string of the molecule is Cc1ccc(NC(=O)C2CCCN(S(=O)(=O)c3cccc4nsnc34)C2)cc1. The van der Waals surface area contributed by atoms with Gasteiger partial charge in [0.15, 0.2) is 0 Å². The van der Waals surface area contributed by atoms with Crippen LogP contribution in [0.5, 0.6) is 0 Å². The minimum Gasteiger partial charge on any atom is -0.326 e. The van der Waals surface area contributed by atoms with E-state index in [1.54, 1.807) is 18.2 Å². The summed E-state index contributed by atoms with van der Waals surface area (Å²) in [5, 5.41) is 2.90. The number of amides is 1. The molecule has 28 heavy (non-hydrogen) atoms. The molecule has 4 rings (SSSR count). The normalized spacial score (nSPS) is 18.2. The van der Waals surface area contributed by atoms with E-state index < -0.39 is 15.9 Å². The second-order valence-electron chi connectivity index (χ2n) is 6.95. The maximum absolute atomic E-state index is 13.2. The van der Waals surface area contributed by atoms with Crippen molar-refractivity contribution in [2.75, 3.05) is 18.4 Å². The summed E-state index contributed by atoms with van der Waals surface area (Å²) in [4.78, 5) is 12.8. The maximum Gasteiger partial charge on any atom is 0.245 e. The lowest BCUT2D eigenvalue weighted by atomic mass is 9.98. The van der Waals surface area contributed by atoms with Gasteiger partial charge in [-0.15, -0.1) is 0 Å². The van der Waals surface area contributed by atoms with Gasteiger partial charge >= 0.3 is 0 Å². The van der Waals surface area contributed by atoms with Gasteiger partial charge in [-0.2, -0.15) is 13.1 Å². The van der Waals surface area contributed by atoms with Gasteiger partial charge in [-0.3, -0.25) is 4.79 Å². The fraction of sp³-hybridized carbons (Fsp3) is 0.316. The van der Waals surface area contributed by atoms with E-state index in [9.17, 15) is 13.2 Å². The van der Waals surface area contributed by atoms with Crippen molar-refractivity contribution in [1.29, 1.82) is 0 Å². The van der Waals surface area contributed by atoms with Crippen LogP contribution in [0.25, 0.3) is 11.0 Å². The van der Waals surface area contributed by atoms with Crippen molar-refractivity contribution in [3.63, 3.8) is 0 Å². The quantitative estimate of drug-likeness (QED) is 0.706. The van der Waals surface area contributed by atoms with E-state index in [1.807, 2.05) is 31.2 Å². The van der Waals surface area contributed by atoms with Crippen molar-refractivity contribution >= 4 is 44.4 Å². The molecule has 0 spiro atoms. The molecule has 1 fully saturated rings. The molecule has 1 unspecified atom stereocenters. The van der Waals surface area contributed by atoms with Gasteiger partial charge in [-0.25, -0.2) is 8.42 Å². The van der Waals surface area contributed by atoms with Crippen LogP contribution in [0, 0.1) is 12.8 Å². The monoisotopic (exact) mass is 416 g/mol. The molecule has 0 saturated carbocycles. The lowest BCUT2D eigenvalue weighted by Gasteiger charge is -2.31. The zero-order valence-electron chi connectivity index (χ0n) is 15.3. The number of rotatable bonds is 4. The average Bonchev–Trinajstić information content (AvgIpc) is 3.18. The summed E-state index contributed by atoms with van der Waals surface area (Å²) in [6.45, 7) is 2.53. The largest absolute Gasteiger partial charge is 0.326 e. The fourth-order valence-corrected chi connectivity index (χ4v) is 5.66. The predicted molar refractivity (Wildman–Crippen MR) is 109 cm³/mol. The Labute approximate surface area is 167 Å². The van der Waals surface area contributed by atoms with Crippen molar-refractivity contribution in [3.05, 3.63) is 48.0 Å². The maximum atomic E-state index is 13.2. The van der Waals surface area contributed by atoms with E-state index in [-0.39, 0.29) is 17.3 Å². The van der Waals surface area contributed by atoms with Crippen LogP contribution in [-0.2, 0) is 14.8 Å². The van der Waals surface area contributed by atoms with Gasteiger partial charge in [0.25, 0.3) is 0 Å². The number of piperidine rings is 1. The van der Waals surface area contributed by atoms with Crippen LogP contribution >= 0.6 is 11.7 Å². The first-order chi connectivity index (χ1) is 13.4. The molecular formula is C19H20N4O3S2. The predicted octanol–water partition coefficient (Wildman–Crippen LogP) is 3.04. The standard InChI is InChI=1S/C19H20N4O3S2/c1-13-7-9-15(10-8-13)20-19(24)14-4-3-11-23(12-14)28(25,26)17-6-2-5-16-18(17)22-27-21-16/h2,5-10,14H,3-4,11-12H2,1H3,(H,20,24). The van der Waals surface area contributed by atoms with Gasteiger partial charge in [-0.05, 0) is 44.0 Å². The van der Waals surface area contributed by atoms with E-state index in [1.165, 1.54) is 4.31 Å². The third-order valence-electron chi connectivity index (χ3n) is 4.94. The van der Waals surface area contributed by atoms with Gasteiger partial charge in [-0.1, -0.05) is 23.8 Å². The summed E-state index contributed by atoms with van der Waals surface area (Å²) in [7, 11) is -3.75. The number of fused-ring (bicyclic) bond motifs is 1. The topological polar surface area (TPSA) is 92.3 Å². The summed E-state index contributed by atoms with van der Waals surface area (Å²) in [6, 6.07) is 12.5. The molecule has 1 aliphatic heterocycles. The molecular weight excluding hydrogens is 396 g/mol. The van der Waals surface area contributed by atoms with Crippen molar-refractivity contribution < 1.29 is 13.2 Å². The van der Waals surface area contributed by atoms with Crippen LogP contribution in [-0.4, -0.2) is 40.5 Å². The van der Waals surface area contributed by atoms with Crippen molar-refractivity contribution in [2.24, 2.45) is 5.92 Å². The highest BCUT2D eigenvalue weighted by atomic mass is 32.2. The van der Waals surface area contributed by atoms with Crippen LogP contribution in [0.2, 0.25) is 0 Å². The van der Waals surface area contributed by atoms with Crippen LogP contribution in [0.4, 0.5) is 5.69 Å². The van der Waals surface area contributed by atoms with Crippen molar-refractivity contribution in [1.82, 2.24) is 13.1 Å². The molecule has 3 aromatic rings. The molecule has 1 saturated heterocycles. The average molecular weight is 417 g/mol. The highest BCUT2D eigenvalue weighted by Gasteiger charge is 2.34. The van der Waals surface area contributed by atoms with Gasteiger partial charge in [0.1, 0.15) is 15.9 Å². The number of carbonyl (C=O) groups excluding carboxylic acids is 1.